The van der Waals surface area contributed by atoms with Crippen molar-refractivity contribution in [3.8, 4) is 0 Å². The van der Waals surface area contributed by atoms with Crippen LogP contribution in [0.1, 0.15) is 29.3 Å². The lowest BCUT2D eigenvalue weighted by Gasteiger charge is -2.07. The van der Waals surface area contributed by atoms with Gasteiger partial charge in [0.25, 0.3) is 0 Å². The molecule has 0 bridgehead atoms. The molecule has 0 saturated heterocycles. The van der Waals surface area contributed by atoms with Crippen molar-refractivity contribution in [2.45, 2.75) is 12.5 Å². The Bertz CT molecular complexity index is 606. The first-order valence-electron chi connectivity index (χ1n) is 5.99. The maximum atomic E-state index is 10.5. The smallest absolute Gasteiger partial charge is 0.233 e. The van der Waals surface area contributed by atoms with Crippen LogP contribution in [0.15, 0.2) is 53.8 Å². The fourth-order valence-corrected chi connectivity index (χ4v) is 2.01. The maximum Gasteiger partial charge on any atom is 0.233 e. The molecule has 1 unspecified atom stereocenters. The molecule has 0 N–H and O–H groups in total. The molecule has 4 heteroatoms. The van der Waals surface area contributed by atoms with E-state index in [1.165, 1.54) is 0 Å². The largest absolute Gasteiger partial charge is 0.387 e. The number of hydrogen-bond donors (Lipinski definition) is 0. The molecule has 1 aliphatic heterocycles. The van der Waals surface area contributed by atoms with Gasteiger partial charge in [0.2, 0.25) is 6.29 Å². The molecule has 1 aliphatic rings. The second kappa shape index (κ2) is 5.02. The number of nitrogens with zero attached hydrogens (tertiary/aromatic N) is 2. The normalized spacial score (nSPS) is 17.7. The van der Waals surface area contributed by atoms with E-state index in [4.69, 9.17) is 4.84 Å². The summed E-state index contributed by atoms with van der Waals surface area (Å²) < 4.78 is 0. The summed E-state index contributed by atoms with van der Waals surface area (Å²) >= 11 is 0. The molecule has 1 radical (unpaired) electrons. The lowest BCUT2D eigenvalue weighted by Crippen LogP contribution is -2.03. The van der Waals surface area contributed by atoms with Gasteiger partial charge in [-0.05, 0) is 17.7 Å². The van der Waals surface area contributed by atoms with Crippen LogP contribution >= 0.6 is 0 Å². The molecule has 0 spiro atoms. The number of hydrogen-bond acceptors (Lipinski definition) is 4. The second-order valence-electron chi connectivity index (χ2n) is 4.28. The minimum absolute atomic E-state index is 0.113. The van der Waals surface area contributed by atoms with Crippen molar-refractivity contribution < 1.29 is 9.63 Å². The molecule has 2 heterocycles. The summed E-state index contributed by atoms with van der Waals surface area (Å²) in [5, 5.41) is 4.08. The lowest BCUT2D eigenvalue weighted by molar-refractivity contribution is 0.0857. The fraction of sp³-hybridized carbons (Fsp3) is 0.133. The highest BCUT2D eigenvalue weighted by Crippen LogP contribution is 2.28. The summed E-state index contributed by atoms with van der Waals surface area (Å²) in [4.78, 5) is 20.2. The van der Waals surface area contributed by atoms with Gasteiger partial charge in [0.15, 0.2) is 6.10 Å². The van der Waals surface area contributed by atoms with Crippen LogP contribution < -0.4 is 0 Å². The SMILES string of the molecule is O=[C]c1ccc(C2CC(c3ccccn3)=NO2)cc1. The average molecular weight is 251 g/mol. The molecule has 0 saturated carbocycles. The first kappa shape index (κ1) is 11.6. The number of carbonyl (C=O) groups excluding carboxylic acids is 1. The molecule has 3 rings (SSSR count). The third kappa shape index (κ3) is 2.38. The Morgan fingerprint density at radius 3 is 2.68 bits per heavy atom. The zero-order valence-corrected chi connectivity index (χ0v) is 10.1. The highest BCUT2D eigenvalue weighted by Gasteiger charge is 2.24. The van der Waals surface area contributed by atoms with Gasteiger partial charge in [-0.1, -0.05) is 35.5 Å². The van der Waals surface area contributed by atoms with Crippen LogP contribution in [-0.4, -0.2) is 17.0 Å². The van der Waals surface area contributed by atoms with Gasteiger partial charge in [0.05, 0.1) is 5.69 Å². The van der Waals surface area contributed by atoms with E-state index in [1.807, 2.05) is 36.6 Å². The lowest BCUT2D eigenvalue weighted by atomic mass is 10.0. The van der Waals surface area contributed by atoms with Crippen LogP contribution in [0.25, 0.3) is 0 Å². The molecule has 0 fully saturated rings. The number of oxime groups is 1. The summed E-state index contributed by atoms with van der Waals surface area (Å²) in [5.41, 5.74) is 3.21. The molecule has 0 amide bonds. The molecule has 1 atom stereocenters. The first-order chi connectivity index (χ1) is 9.36. The minimum atomic E-state index is -0.113. The summed E-state index contributed by atoms with van der Waals surface area (Å²) in [6, 6.07) is 12.9. The van der Waals surface area contributed by atoms with Gasteiger partial charge in [-0.25, -0.2) is 0 Å². The van der Waals surface area contributed by atoms with Crippen molar-refractivity contribution in [3.05, 3.63) is 65.5 Å². The van der Waals surface area contributed by atoms with Crippen LogP contribution in [0.2, 0.25) is 0 Å². The van der Waals surface area contributed by atoms with E-state index in [-0.39, 0.29) is 6.10 Å². The van der Waals surface area contributed by atoms with E-state index in [2.05, 4.69) is 10.1 Å². The van der Waals surface area contributed by atoms with Crippen LogP contribution in [0.4, 0.5) is 0 Å². The molecule has 0 aliphatic carbocycles. The third-order valence-corrected chi connectivity index (χ3v) is 3.03. The molecule has 4 nitrogen and oxygen atoms in total. The predicted molar refractivity (Wildman–Crippen MR) is 70.5 cm³/mol. The van der Waals surface area contributed by atoms with Gasteiger partial charge in [0, 0.05) is 18.2 Å². The highest BCUT2D eigenvalue weighted by molar-refractivity contribution is 5.99. The number of rotatable bonds is 3. The molecular weight excluding hydrogens is 240 g/mol. The average Bonchev–Trinajstić information content (AvgIpc) is 2.98. The van der Waals surface area contributed by atoms with Gasteiger partial charge in [-0.2, -0.15) is 0 Å². The molecular formula is C15H11N2O2. The molecule has 93 valence electrons. The topological polar surface area (TPSA) is 51.5 Å². The van der Waals surface area contributed by atoms with E-state index in [9.17, 15) is 4.79 Å². The van der Waals surface area contributed by atoms with E-state index in [1.54, 1.807) is 18.3 Å². The van der Waals surface area contributed by atoms with Gasteiger partial charge >= 0.3 is 0 Å². The van der Waals surface area contributed by atoms with Crippen molar-refractivity contribution in [1.29, 1.82) is 0 Å². The van der Waals surface area contributed by atoms with Crippen LogP contribution in [0.5, 0.6) is 0 Å². The summed E-state index contributed by atoms with van der Waals surface area (Å²) in [6.07, 6.45) is 4.15. The van der Waals surface area contributed by atoms with Gasteiger partial charge in [-0.3, -0.25) is 9.78 Å². The van der Waals surface area contributed by atoms with Crippen molar-refractivity contribution in [2.24, 2.45) is 5.16 Å². The molecule has 1 aromatic heterocycles. The van der Waals surface area contributed by atoms with Crippen molar-refractivity contribution in [1.82, 2.24) is 4.98 Å². The number of pyridine rings is 1. The Hall–Kier alpha value is -2.49. The van der Waals surface area contributed by atoms with Crippen molar-refractivity contribution in [2.75, 3.05) is 0 Å². The zero-order valence-electron chi connectivity index (χ0n) is 10.1. The summed E-state index contributed by atoms with van der Waals surface area (Å²) in [5.74, 6) is 0. The molecule has 2 aromatic rings. The fourth-order valence-electron chi connectivity index (χ4n) is 2.01. The van der Waals surface area contributed by atoms with Crippen molar-refractivity contribution in [3.63, 3.8) is 0 Å². The first-order valence-corrected chi connectivity index (χ1v) is 5.99. The Balaban J connectivity index is 1.75. The molecule has 1 aromatic carbocycles. The van der Waals surface area contributed by atoms with Gasteiger partial charge in [0.1, 0.15) is 5.71 Å². The van der Waals surface area contributed by atoms with Gasteiger partial charge < -0.3 is 4.84 Å². The Labute approximate surface area is 110 Å². The number of benzene rings is 1. The summed E-state index contributed by atoms with van der Waals surface area (Å²) in [7, 11) is 0. The minimum Gasteiger partial charge on any atom is -0.387 e. The maximum absolute atomic E-state index is 10.5. The van der Waals surface area contributed by atoms with E-state index >= 15 is 0 Å². The Morgan fingerprint density at radius 1 is 1.16 bits per heavy atom. The predicted octanol–water partition coefficient (Wildman–Crippen LogP) is 2.41. The zero-order chi connectivity index (χ0) is 13.1. The quantitative estimate of drug-likeness (QED) is 0.841. The Morgan fingerprint density at radius 2 is 2.00 bits per heavy atom. The van der Waals surface area contributed by atoms with Crippen LogP contribution in [0, 0.1) is 0 Å². The van der Waals surface area contributed by atoms with Crippen molar-refractivity contribution >= 4 is 12.0 Å². The van der Waals surface area contributed by atoms with Crippen LogP contribution in [0.3, 0.4) is 0 Å². The standard InChI is InChI=1S/C15H11N2O2/c18-10-11-4-6-12(7-5-11)15-9-14(17-19-15)13-3-1-2-8-16-13/h1-8,15H,9H2. The van der Waals surface area contributed by atoms with Gasteiger partial charge in [-0.15, -0.1) is 0 Å². The van der Waals surface area contributed by atoms with E-state index in [0.29, 0.717) is 12.0 Å². The second-order valence-corrected chi connectivity index (χ2v) is 4.28. The highest BCUT2D eigenvalue weighted by atomic mass is 16.6. The summed E-state index contributed by atoms with van der Waals surface area (Å²) in [6.45, 7) is 0. The van der Waals surface area contributed by atoms with Crippen LogP contribution in [-0.2, 0) is 9.63 Å². The number of aromatic nitrogens is 1. The Kier molecular flexibility index (Phi) is 3.06. The van der Waals surface area contributed by atoms with E-state index in [0.717, 1.165) is 17.0 Å². The monoisotopic (exact) mass is 251 g/mol. The third-order valence-electron chi connectivity index (χ3n) is 3.03. The van der Waals surface area contributed by atoms with E-state index < -0.39 is 0 Å². The molecule has 19 heavy (non-hydrogen) atoms.